The molecule has 0 atom stereocenters. The molecule has 11 nitrogen and oxygen atoms in total. The minimum absolute atomic E-state index is 0.128. The quantitative estimate of drug-likeness (QED) is 0.0352. The molecule has 0 aliphatic rings. The van der Waals surface area contributed by atoms with Gasteiger partial charge in [-0.05, 0) is 6.42 Å². The Hall–Kier alpha value is -0.410. The van der Waals surface area contributed by atoms with Gasteiger partial charge in [0.15, 0.2) is 0 Å². The fourth-order valence-corrected chi connectivity index (χ4v) is 5.07. The lowest BCUT2D eigenvalue weighted by Gasteiger charge is -2.09. The SMILES string of the molecule is CCCCCCCCCCCCCCCCCC(=O)OCCOCCOCCOCCOCCOCCOCCOCCOCCOCCBr. The maximum atomic E-state index is 11.9. The van der Waals surface area contributed by atoms with Crippen molar-refractivity contribution in [1.29, 1.82) is 0 Å². The second-order valence-electron chi connectivity index (χ2n) is 12.1. The molecule has 300 valence electrons. The van der Waals surface area contributed by atoms with E-state index in [1.807, 2.05) is 0 Å². The highest BCUT2D eigenvalue weighted by Crippen LogP contribution is 2.13. The summed E-state index contributed by atoms with van der Waals surface area (Å²) < 4.78 is 54.3. The fraction of sp³-hybridized carbons (Fsp3) is 0.974. The van der Waals surface area contributed by atoms with Crippen molar-refractivity contribution in [3.63, 3.8) is 0 Å². The van der Waals surface area contributed by atoms with Gasteiger partial charge in [0.2, 0.25) is 0 Å². The number of esters is 1. The Kier molecular flexibility index (Phi) is 46.2. The highest BCUT2D eigenvalue weighted by atomic mass is 79.9. The minimum atomic E-state index is -0.128. The van der Waals surface area contributed by atoms with E-state index in [1.54, 1.807) is 0 Å². The molecule has 0 fully saturated rings. The molecule has 0 aliphatic heterocycles. The molecular weight excluding hydrogens is 712 g/mol. The predicted octanol–water partition coefficient (Wildman–Crippen LogP) is 7.34. The van der Waals surface area contributed by atoms with Crippen LogP contribution in [0.4, 0.5) is 0 Å². The molecule has 0 N–H and O–H groups in total. The Morgan fingerprint density at radius 3 is 0.860 bits per heavy atom. The van der Waals surface area contributed by atoms with Crippen LogP contribution in [0.25, 0.3) is 0 Å². The summed E-state index contributed by atoms with van der Waals surface area (Å²) in [4.78, 5) is 11.9. The van der Waals surface area contributed by atoms with Crippen molar-refractivity contribution in [2.75, 3.05) is 131 Å². The first-order valence-corrected chi connectivity index (χ1v) is 20.8. The van der Waals surface area contributed by atoms with Crippen molar-refractivity contribution in [2.45, 2.75) is 110 Å². The van der Waals surface area contributed by atoms with Gasteiger partial charge in [-0.25, -0.2) is 0 Å². The summed E-state index contributed by atoms with van der Waals surface area (Å²) in [6.07, 6.45) is 20.3. The van der Waals surface area contributed by atoms with Crippen molar-refractivity contribution in [1.82, 2.24) is 0 Å². The fourth-order valence-electron chi connectivity index (χ4n) is 4.84. The molecule has 0 saturated carbocycles. The third kappa shape index (κ3) is 45.6. The summed E-state index contributed by atoms with van der Waals surface area (Å²) in [6, 6.07) is 0. The Bertz CT molecular complexity index is 634. The summed E-state index contributed by atoms with van der Waals surface area (Å²) in [5.74, 6) is -0.128. The lowest BCUT2D eigenvalue weighted by molar-refractivity contribution is -0.145. The highest BCUT2D eigenvalue weighted by Gasteiger charge is 2.03. The molecule has 50 heavy (non-hydrogen) atoms. The van der Waals surface area contributed by atoms with Gasteiger partial charge in [0.25, 0.3) is 0 Å². The zero-order chi connectivity index (χ0) is 36.1. The van der Waals surface area contributed by atoms with Crippen molar-refractivity contribution < 1.29 is 52.2 Å². The largest absolute Gasteiger partial charge is 0.463 e. The number of rotatable bonds is 45. The van der Waals surface area contributed by atoms with Crippen LogP contribution in [0, 0.1) is 0 Å². The van der Waals surface area contributed by atoms with Crippen LogP contribution in [0.5, 0.6) is 0 Å². The van der Waals surface area contributed by atoms with Crippen LogP contribution >= 0.6 is 15.9 Å². The van der Waals surface area contributed by atoms with Gasteiger partial charge in [0, 0.05) is 11.8 Å². The number of ether oxygens (including phenoxy) is 10. The minimum Gasteiger partial charge on any atom is -0.463 e. The van der Waals surface area contributed by atoms with Gasteiger partial charge in [0.05, 0.1) is 119 Å². The zero-order valence-electron chi connectivity index (χ0n) is 31.8. The number of unbranched alkanes of at least 4 members (excludes halogenated alkanes) is 14. The Balaban J connectivity index is 3.13. The average Bonchev–Trinajstić information content (AvgIpc) is 3.12. The van der Waals surface area contributed by atoms with Gasteiger partial charge in [-0.15, -0.1) is 0 Å². The molecule has 0 aromatic carbocycles. The number of hydrogen-bond acceptors (Lipinski definition) is 11. The number of carbonyl (C=O) groups excluding carboxylic acids is 1. The van der Waals surface area contributed by atoms with E-state index in [0.717, 1.165) is 18.2 Å². The second-order valence-corrected chi connectivity index (χ2v) is 12.9. The molecule has 0 saturated heterocycles. The van der Waals surface area contributed by atoms with Crippen molar-refractivity contribution in [3.8, 4) is 0 Å². The molecule has 0 unspecified atom stereocenters. The average molecular weight is 788 g/mol. The van der Waals surface area contributed by atoms with E-state index in [4.69, 9.17) is 47.4 Å². The molecule has 12 heteroatoms. The first-order chi connectivity index (χ1) is 24.8. The van der Waals surface area contributed by atoms with Crippen LogP contribution < -0.4 is 0 Å². The standard InChI is InChI=1S/C38H75BrO11/c1-2-3-4-5-6-7-8-9-10-11-12-13-14-15-16-17-38(40)50-37-36-49-35-34-48-33-32-47-31-30-46-29-28-45-27-26-44-25-24-43-23-22-42-21-20-41-19-18-39/h2-37H2,1H3. The van der Waals surface area contributed by atoms with E-state index in [-0.39, 0.29) is 5.97 Å². The number of alkyl halides is 1. The van der Waals surface area contributed by atoms with E-state index >= 15 is 0 Å². The first kappa shape index (κ1) is 49.6. The summed E-state index contributed by atoms with van der Waals surface area (Å²) in [7, 11) is 0. The van der Waals surface area contributed by atoms with Crippen LogP contribution in [0.15, 0.2) is 0 Å². The van der Waals surface area contributed by atoms with Crippen molar-refractivity contribution >= 4 is 21.9 Å². The smallest absolute Gasteiger partial charge is 0.305 e. The van der Waals surface area contributed by atoms with E-state index in [1.165, 1.54) is 83.5 Å². The van der Waals surface area contributed by atoms with Gasteiger partial charge in [0.1, 0.15) is 6.61 Å². The van der Waals surface area contributed by atoms with Crippen LogP contribution in [0.1, 0.15) is 110 Å². The van der Waals surface area contributed by atoms with Gasteiger partial charge in [-0.3, -0.25) is 4.79 Å². The van der Waals surface area contributed by atoms with E-state index in [0.29, 0.717) is 132 Å². The maximum Gasteiger partial charge on any atom is 0.305 e. The molecule has 0 aromatic rings. The molecule has 0 aromatic heterocycles. The van der Waals surface area contributed by atoms with Gasteiger partial charge < -0.3 is 47.4 Å². The van der Waals surface area contributed by atoms with E-state index in [9.17, 15) is 4.79 Å². The lowest BCUT2D eigenvalue weighted by atomic mass is 10.0. The molecular formula is C38H75BrO11. The third-order valence-electron chi connectivity index (χ3n) is 7.67. The van der Waals surface area contributed by atoms with Crippen LogP contribution in [-0.4, -0.2) is 137 Å². The molecule has 0 aliphatic carbocycles. The molecule has 0 radical (unpaired) electrons. The Morgan fingerprint density at radius 1 is 0.340 bits per heavy atom. The Labute approximate surface area is 313 Å². The molecule has 0 amide bonds. The van der Waals surface area contributed by atoms with Crippen molar-refractivity contribution in [2.24, 2.45) is 0 Å². The van der Waals surface area contributed by atoms with E-state index < -0.39 is 0 Å². The number of hydrogen-bond donors (Lipinski definition) is 0. The van der Waals surface area contributed by atoms with Gasteiger partial charge in [-0.1, -0.05) is 113 Å². The van der Waals surface area contributed by atoms with Crippen LogP contribution in [0.2, 0.25) is 0 Å². The monoisotopic (exact) mass is 786 g/mol. The maximum absolute atomic E-state index is 11.9. The highest BCUT2D eigenvalue weighted by molar-refractivity contribution is 9.09. The molecule has 0 rings (SSSR count). The molecule has 0 heterocycles. The second kappa shape index (κ2) is 46.6. The summed E-state index contributed by atoms with van der Waals surface area (Å²) in [5, 5.41) is 0.837. The van der Waals surface area contributed by atoms with Crippen LogP contribution in [-0.2, 0) is 52.2 Å². The van der Waals surface area contributed by atoms with Gasteiger partial charge >= 0.3 is 5.97 Å². The van der Waals surface area contributed by atoms with E-state index in [2.05, 4.69) is 22.9 Å². The summed E-state index contributed by atoms with van der Waals surface area (Å²) in [6.45, 7) is 12.0. The number of carbonyl (C=O) groups is 1. The lowest BCUT2D eigenvalue weighted by Crippen LogP contribution is -2.15. The normalized spacial score (nSPS) is 11.5. The number of halogens is 1. The third-order valence-corrected chi connectivity index (χ3v) is 8.00. The first-order valence-electron chi connectivity index (χ1n) is 19.7. The van der Waals surface area contributed by atoms with Crippen molar-refractivity contribution in [3.05, 3.63) is 0 Å². The predicted molar refractivity (Wildman–Crippen MR) is 202 cm³/mol. The molecule has 0 spiro atoms. The summed E-state index contributed by atoms with van der Waals surface area (Å²) >= 11 is 3.30. The topological polar surface area (TPSA) is 109 Å². The zero-order valence-corrected chi connectivity index (χ0v) is 33.4. The van der Waals surface area contributed by atoms with Gasteiger partial charge in [-0.2, -0.15) is 0 Å². The molecule has 0 bridgehead atoms. The van der Waals surface area contributed by atoms with Crippen LogP contribution in [0.3, 0.4) is 0 Å². The summed E-state index contributed by atoms with van der Waals surface area (Å²) in [5.41, 5.74) is 0. The Morgan fingerprint density at radius 2 is 0.580 bits per heavy atom.